The van der Waals surface area contributed by atoms with Gasteiger partial charge in [0.1, 0.15) is 0 Å². The fraction of sp³-hybridized carbons (Fsp3) is 0. The van der Waals surface area contributed by atoms with E-state index < -0.39 is 0 Å². The Bertz CT molecular complexity index is 439. The van der Waals surface area contributed by atoms with E-state index in [1.807, 2.05) is 0 Å². The van der Waals surface area contributed by atoms with Gasteiger partial charge in [-0.15, -0.1) is 16.4 Å². The molecule has 1 amide bonds. The van der Waals surface area contributed by atoms with Crippen LogP contribution in [0.2, 0.25) is 0 Å². The standard InChI is InChI=1S/C6H4IN5OS/c7-4-1-3(2-14-4)5(13)8-6-9-11-12-10-6/h1-2H,(H2,8,9,10,11,12,13). The number of hydrogen-bond donors (Lipinski definition) is 2. The maximum atomic E-state index is 11.5. The topological polar surface area (TPSA) is 83.6 Å². The molecule has 0 fully saturated rings. The molecule has 0 unspecified atom stereocenters. The number of anilines is 1. The summed E-state index contributed by atoms with van der Waals surface area (Å²) >= 11 is 3.66. The molecule has 0 saturated heterocycles. The van der Waals surface area contributed by atoms with Crippen molar-refractivity contribution in [1.82, 2.24) is 20.6 Å². The van der Waals surface area contributed by atoms with Gasteiger partial charge in [0.05, 0.1) is 8.45 Å². The van der Waals surface area contributed by atoms with Gasteiger partial charge >= 0.3 is 0 Å². The molecule has 0 aliphatic carbocycles. The molecule has 2 N–H and O–H groups in total. The van der Waals surface area contributed by atoms with Crippen LogP contribution in [0.15, 0.2) is 11.4 Å². The zero-order valence-corrected chi connectivity index (χ0v) is 9.66. The number of amides is 1. The van der Waals surface area contributed by atoms with Crippen molar-refractivity contribution >= 4 is 45.8 Å². The van der Waals surface area contributed by atoms with Crippen LogP contribution in [0.3, 0.4) is 0 Å². The van der Waals surface area contributed by atoms with E-state index in [-0.39, 0.29) is 11.9 Å². The van der Waals surface area contributed by atoms with Gasteiger partial charge in [-0.05, 0) is 33.9 Å². The third-order valence-electron chi connectivity index (χ3n) is 1.40. The van der Waals surface area contributed by atoms with E-state index in [0.29, 0.717) is 5.56 Å². The second-order valence-electron chi connectivity index (χ2n) is 2.33. The highest BCUT2D eigenvalue weighted by Gasteiger charge is 2.09. The van der Waals surface area contributed by atoms with Crippen LogP contribution in [0.4, 0.5) is 5.95 Å². The van der Waals surface area contributed by atoms with Crippen LogP contribution in [0.5, 0.6) is 0 Å². The van der Waals surface area contributed by atoms with E-state index in [0.717, 1.165) is 2.88 Å². The van der Waals surface area contributed by atoms with Gasteiger partial charge in [-0.3, -0.25) is 10.1 Å². The highest BCUT2D eigenvalue weighted by molar-refractivity contribution is 14.1. The number of carbonyl (C=O) groups excluding carboxylic acids is 1. The predicted octanol–water partition coefficient (Wildman–Crippen LogP) is 1.12. The van der Waals surface area contributed by atoms with Crippen LogP contribution in [-0.4, -0.2) is 26.5 Å². The van der Waals surface area contributed by atoms with Crippen LogP contribution < -0.4 is 5.32 Å². The van der Waals surface area contributed by atoms with E-state index in [1.54, 1.807) is 11.4 Å². The monoisotopic (exact) mass is 321 g/mol. The summed E-state index contributed by atoms with van der Waals surface area (Å²) in [5, 5.41) is 17.1. The fourth-order valence-electron chi connectivity index (χ4n) is 0.818. The minimum absolute atomic E-state index is 0.177. The van der Waals surface area contributed by atoms with E-state index in [9.17, 15) is 4.79 Å². The fourth-order valence-corrected chi connectivity index (χ4v) is 2.14. The summed E-state index contributed by atoms with van der Waals surface area (Å²) in [5.74, 6) is -0.0539. The van der Waals surface area contributed by atoms with Gasteiger partial charge in [-0.1, -0.05) is 5.10 Å². The number of halogens is 1. The van der Waals surface area contributed by atoms with Gasteiger partial charge in [0.15, 0.2) is 0 Å². The molecule has 0 radical (unpaired) electrons. The molecule has 0 aromatic carbocycles. The van der Waals surface area contributed by atoms with Crippen LogP contribution in [0.1, 0.15) is 10.4 Å². The summed E-state index contributed by atoms with van der Waals surface area (Å²) in [7, 11) is 0. The molecule has 0 bridgehead atoms. The molecular weight excluding hydrogens is 317 g/mol. The quantitative estimate of drug-likeness (QED) is 0.812. The minimum atomic E-state index is -0.231. The Morgan fingerprint density at radius 3 is 3.07 bits per heavy atom. The number of aromatic amines is 1. The molecule has 6 nitrogen and oxygen atoms in total. The van der Waals surface area contributed by atoms with Crippen LogP contribution >= 0.6 is 33.9 Å². The predicted molar refractivity (Wildman–Crippen MR) is 59.2 cm³/mol. The van der Waals surface area contributed by atoms with Crippen molar-refractivity contribution in [2.24, 2.45) is 0 Å². The van der Waals surface area contributed by atoms with Crippen LogP contribution in [0.25, 0.3) is 0 Å². The molecule has 2 aromatic heterocycles. The smallest absolute Gasteiger partial charge is 0.270 e. The zero-order valence-electron chi connectivity index (χ0n) is 6.69. The lowest BCUT2D eigenvalue weighted by Gasteiger charge is -1.95. The van der Waals surface area contributed by atoms with Crippen molar-refractivity contribution in [3.63, 3.8) is 0 Å². The molecule has 0 spiro atoms. The number of hydrogen-bond acceptors (Lipinski definition) is 5. The van der Waals surface area contributed by atoms with Gasteiger partial charge in [0.2, 0.25) is 0 Å². The lowest BCUT2D eigenvalue weighted by atomic mass is 10.3. The largest absolute Gasteiger partial charge is 0.288 e. The van der Waals surface area contributed by atoms with E-state index in [2.05, 4.69) is 48.5 Å². The number of tetrazole rings is 1. The Balaban J connectivity index is 2.10. The molecule has 2 heterocycles. The zero-order chi connectivity index (χ0) is 9.97. The first-order valence-corrected chi connectivity index (χ1v) is 5.50. The first-order valence-electron chi connectivity index (χ1n) is 3.54. The average Bonchev–Trinajstić information content (AvgIpc) is 2.75. The minimum Gasteiger partial charge on any atom is -0.288 e. The lowest BCUT2D eigenvalue weighted by Crippen LogP contribution is -2.11. The van der Waals surface area contributed by atoms with Crippen molar-refractivity contribution in [2.45, 2.75) is 0 Å². The summed E-state index contributed by atoms with van der Waals surface area (Å²) < 4.78 is 1.06. The normalized spacial score (nSPS) is 10.1. The van der Waals surface area contributed by atoms with Gasteiger partial charge < -0.3 is 0 Å². The highest BCUT2D eigenvalue weighted by atomic mass is 127. The number of nitrogens with one attached hydrogen (secondary N) is 2. The molecule has 2 aromatic rings. The number of rotatable bonds is 2. The average molecular weight is 321 g/mol. The van der Waals surface area contributed by atoms with Crippen molar-refractivity contribution in [3.05, 3.63) is 19.9 Å². The molecule has 0 atom stereocenters. The summed E-state index contributed by atoms with van der Waals surface area (Å²) in [5.41, 5.74) is 0.601. The van der Waals surface area contributed by atoms with Gasteiger partial charge in [0.25, 0.3) is 11.9 Å². The summed E-state index contributed by atoms with van der Waals surface area (Å²) in [4.78, 5) is 11.5. The van der Waals surface area contributed by atoms with E-state index in [4.69, 9.17) is 0 Å². The number of H-pyrrole nitrogens is 1. The Kier molecular flexibility index (Phi) is 2.72. The Morgan fingerprint density at radius 1 is 1.64 bits per heavy atom. The number of nitrogens with zero attached hydrogens (tertiary/aromatic N) is 3. The van der Waals surface area contributed by atoms with Gasteiger partial charge in [-0.2, -0.15) is 5.21 Å². The maximum Gasteiger partial charge on any atom is 0.270 e. The number of thiophene rings is 1. The van der Waals surface area contributed by atoms with Crippen molar-refractivity contribution < 1.29 is 4.79 Å². The molecule has 0 saturated carbocycles. The van der Waals surface area contributed by atoms with E-state index in [1.165, 1.54) is 11.3 Å². The number of carbonyl (C=O) groups is 1. The first-order chi connectivity index (χ1) is 6.75. The van der Waals surface area contributed by atoms with Crippen LogP contribution in [0, 0.1) is 2.88 Å². The Morgan fingerprint density at radius 2 is 2.50 bits per heavy atom. The Labute approximate surface area is 96.2 Å². The lowest BCUT2D eigenvalue weighted by molar-refractivity contribution is 0.102. The molecular formula is C6H4IN5OS. The van der Waals surface area contributed by atoms with Gasteiger partial charge in [-0.25, -0.2) is 0 Å². The van der Waals surface area contributed by atoms with Gasteiger partial charge in [0, 0.05) is 5.38 Å². The summed E-state index contributed by atoms with van der Waals surface area (Å²) in [6.45, 7) is 0. The third-order valence-corrected chi connectivity index (χ3v) is 3.19. The van der Waals surface area contributed by atoms with Crippen molar-refractivity contribution in [1.29, 1.82) is 0 Å². The number of aromatic nitrogens is 4. The molecule has 0 aliphatic rings. The molecule has 72 valence electrons. The summed E-state index contributed by atoms with van der Waals surface area (Å²) in [6, 6.07) is 1.79. The summed E-state index contributed by atoms with van der Waals surface area (Å²) in [6.07, 6.45) is 0. The van der Waals surface area contributed by atoms with Crippen LogP contribution in [-0.2, 0) is 0 Å². The SMILES string of the molecule is O=C(Nc1nn[nH]n1)c1csc(I)c1. The molecule has 14 heavy (non-hydrogen) atoms. The third kappa shape index (κ3) is 2.07. The Hall–Kier alpha value is -1.03. The first kappa shape index (κ1) is 9.52. The highest BCUT2D eigenvalue weighted by Crippen LogP contribution is 2.17. The van der Waals surface area contributed by atoms with Crippen molar-refractivity contribution in [2.75, 3.05) is 5.32 Å². The molecule has 8 heteroatoms. The second-order valence-corrected chi connectivity index (χ2v) is 5.13. The van der Waals surface area contributed by atoms with Crippen molar-refractivity contribution in [3.8, 4) is 0 Å². The maximum absolute atomic E-state index is 11.5. The second kappa shape index (κ2) is 4.00. The van der Waals surface area contributed by atoms with E-state index >= 15 is 0 Å². The molecule has 0 aliphatic heterocycles. The molecule has 2 rings (SSSR count).